The normalized spacial score (nSPS) is 18.5. The van der Waals surface area contributed by atoms with Gasteiger partial charge in [-0.3, -0.25) is 4.98 Å². The summed E-state index contributed by atoms with van der Waals surface area (Å²) < 4.78 is 11.1. The van der Waals surface area contributed by atoms with Crippen LogP contribution in [0.25, 0.3) is 0 Å². The van der Waals surface area contributed by atoms with Crippen LogP contribution in [0.4, 0.5) is 0 Å². The van der Waals surface area contributed by atoms with Gasteiger partial charge in [0.2, 0.25) is 0 Å². The molecule has 110 valence electrons. The summed E-state index contributed by atoms with van der Waals surface area (Å²) in [5, 5.41) is 3.68. The summed E-state index contributed by atoms with van der Waals surface area (Å²) in [6.07, 6.45) is 4.61. The van der Waals surface area contributed by atoms with E-state index in [-0.39, 0.29) is 12.1 Å². The summed E-state index contributed by atoms with van der Waals surface area (Å²) in [7, 11) is 1.69. The van der Waals surface area contributed by atoms with Crippen LogP contribution >= 0.6 is 0 Å². The maximum absolute atomic E-state index is 5.73. The lowest BCUT2D eigenvalue weighted by Crippen LogP contribution is -2.29. The molecular formula is C17H20N2O2. The van der Waals surface area contributed by atoms with Crippen LogP contribution in [0.1, 0.15) is 36.6 Å². The zero-order valence-corrected chi connectivity index (χ0v) is 12.4. The Labute approximate surface area is 125 Å². The van der Waals surface area contributed by atoms with Gasteiger partial charge in [-0.25, -0.2) is 0 Å². The van der Waals surface area contributed by atoms with Crippen LogP contribution in [0.2, 0.25) is 0 Å². The van der Waals surface area contributed by atoms with Crippen molar-refractivity contribution in [2.45, 2.75) is 25.4 Å². The minimum absolute atomic E-state index is 0.259. The Bertz CT molecular complexity index is 601. The number of benzene rings is 1. The van der Waals surface area contributed by atoms with Crippen molar-refractivity contribution >= 4 is 0 Å². The van der Waals surface area contributed by atoms with E-state index >= 15 is 0 Å². The quantitative estimate of drug-likeness (QED) is 0.936. The number of methoxy groups -OCH3 is 1. The van der Waals surface area contributed by atoms with Gasteiger partial charge < -0.3 is 14.8 Å². The summed E-state index contributed by atoms with van der Waals surface area (Å²) in [4.78, 5) is 4.07. The van der Waals surface area contributed by atoms with E-state index in [4.69, 9.17) is 9.47 Å². The number of pyridine rings is 1. The average molecular weight is 284 g/mol. The second-order valence-corrected chi connectivity index (χ2v) is 5.26. The first-order valence-electron chi connectivity index (χ1n) is 7.24. The molecule has 1 unspecified atom stereocenters. The first-order valence-corrected chi connectivity index (χ1v) is 7.24. The first-order chi connectivity index (χ1) is 10.3. The number of nitrogens with one attached hydrogen (secondary N) is 1. The Balaban J connectivity index is 1.81. The second kappa shape index (κ2) is 6.14. The molecule has 2 heterocycles. The molecule has 0 bridgehead atoms. The van der Waals surface area contributed by atoms with Crippen LogP contribution in [-0.2, 0) is 0 Å². The van der Waals surface area contributed by atoms with Crippen molar-refractivity contribution in [3.63, 3.8) is 0 Å². The fourth-order valence-corrected chi connectivity index (χ4v) is 2.72. The molecule has 2 atom stereocenters. The van der Waals surface area contributed by atoms with Crippen LogP contribution in [0, 0.1) is 0 Å². The maximum Gasteiger partial charge on any atom is 0.124 e. The van der Waals surface area contributed by atoms with Crippen LogP contribution in [-0.4, -0.2) is 18.7 Å². The molecule has 1 aliphatic heterocycles. The molecule has 0 saturated carbocycles. The Hall–Kier alpha value is -2.07. The summed E-state index contributed by atoms with van der Waals surface area (Å²) >= 11 is 0. The molecule has 2 aromatic rings. The highest BCUT2D eigenvalue weighted by Gasteiger charge is 2.23. The van der Waals surface area contributed by atoms with Gasteiger partial charge in [-0.15, -0.1) is 0 Å². The SMILES string of the molecule is COc1ccc2c(c1)C(N[C@@H](C)c1ccncc1)CCO2. The fraction of sp³-hybridized carbons (Fsp3) is 0.353. The summed E-state index contributed by atoms with van der Waals surface area (Å²) in [6, 6.07) is 10.6. The number of ether oxygens (including phenoxy) is 2. The highest BCUT2D eigenvalue weighted by atomic mass is 16.5. The topological polar surface area (TPSA) is 43.4 Å². The van der Waals surface area contributed by atoms with E-state index in [9.17, 15) is 0 Å². The molecule has 4 nitrogen and oxygen atoms in total. The van der Waals surface area contributed by atoms with E-state index in [2.05, 4.69) is 23.3 Å². The number of fused-ring (bicyclic) bond motifs is 1. The third-order valence-electron chi connectivity index (χ3n) is 3.91. The molecule has 21 heavy (non-hydrogen) atoms. The van der Waals surface area contributed by atoms with Gasteiger partial charge in [0.1, 0.15) is 11.5 Å². The van der Waals surface area contributed by atoms with E-state index in [0.29, 0.717) is 0 Å². The number of hydrogen-bond donors (Lipinski definition) is 1. The molecule has 0 spiro atoms. The number of hydrogen-bond acceptors (Lipinski definition) is 4. The van der Waals surface area contributed by atoms with Crippen LogP contribution in [0.15, 0.2) is 42.7 Å². The Morgan fingerprint density at radius 2 is 2.10 bits per heavy atom. The third-order valence-corrected chi connectivity index (χ3v) is 3.91. The zero-order chi connectivity index (χ0) is 14.7. The van der Waals surface area contributed by atoms with Gasteiger partial charge in [0.25, 0.3) is 0 Å². The van der Waals surface area contributed by atoms with Crippen molar-refractivity contribution < 1.29 is 9.47 Å². The first kappa shape index (κ1) is 13.9. The van der Waals surface area contributed by atoms with Gasteiger partial charge in [0, 0.05) is 36.5 Å². The molecule has 0 saturated heterocycles. The molecule has 0 radical (unpaired) electrons. The van der Waals surface area contributed by atoms with Crippen molar-refractivity contribution in [1.82, 2.24) is 10.3 Å². The van der Waals surface area contributed by atoms with Crippen LogP contribution < -0.4 is 14.8 Å². The van der Waals surface area contributed by atoms with E-state index in [1.165, 1.54) is 11.1 Å². The molecule has 1 aliphatic rings. The molecule has 0 fully saturated rings. The monoisotopic (exact) mass is 284 g/mol. The van der Waals surface area contributed by atoms with Crippen molar-refractivity contribution in [3.8, 4) is 11.5 Å². The lowest BCUT2D eigenvalue weighted by molar-refractivity contribution is 0.245. The van der Waals surface area contributed by atoms with Gasteiger partial charge in [0.05, 0.1) is 13.7 Å². The highest BCUT2D eigenvalue weighted by Crippen LogP contribution is 2.36. The molecule has 0 amide bonds. The van der Waals surface area contributed by atoms with Gasteiger partial charge >= 0.3 is 0 Å². The van der Waals surface area contributed by atoms with E-state index in [1.807, 2.05) is 36.7 Å². The largest absolute Gasteiger partial charge is 0.497 e. The minimum Gasteiger partial charge on any atom is -0.497 e. The Kier molecular flexibility index (Phi) is 4.06. The van der Waals surface area contributed by atoms with Crippen molar-refractivity contribution in [2.75, 3.05) is 13.7 Å². The van der Waals surface area contributed by atoms with Crippen LogP contribution in [0.3, 0.4) is 0 Å². The predicted octanol–water partition coefficient (Wildman–Crippen LogP) is 3.26. The molecule has 4 heteroatoms. The summed E-state index contributed by atoms with van der Waals surface area (Å²) in [5.41, 5.74) is 2.41. The number of aromatic nitrogens is 1. The summed E-state index contributed by atoms with van der Waals surface area (Å²) in [6.45, 7) is 2.91. The van der Waals surface area contributed by atoms with Gasteiger partial charge in [0.15, 0.2) is 0 Å². The molecule has 1 aromatic heterocycles. The van der Waals surface area contributed by atoms with Crippen LogP contribution in [0.5, 0.6) is 11.5 Å². The number of rotatable bonds is 4. The molecule has 0 aliphatic carbocycles. The highest BCUT2D eigenvalue weighted by molar-refractivity contribution is 5.43. The lowest BCUT2D eigenvalue weighted by atomic mass is 9.98. The molecule has 1 aromatic carbocycles. The lowest BCUT2D eigenvalue weighted by Gasteiger charge is -2.29. The summed E-state index contributed by atoms with van der Waals surface area (Å²) in [5.74, 6) is 1.81. The molecule has 3 rings (SSSR count). The maximum atomic E-state index is 5.73. The Morgan fingerprint density at radius 1 is 1.29 bits per heavy atom. The van der Waals surface area contributed by atoms with Gasteiger partial charge in [-0.1, -0.05) is 0 Å². The van der Waals surface area contributed by atoms with Crippen molar-refractivity contribution in [1.29, 1.82) is 0 Å². The minimum atomic E-state index is 0.259. The van der Waals surface area contributed by atoms with Gasteiger partial charge in [-0.05, 0) is 42.8 Å². The van der Waals surface area contributed by atoms with Crippen molar-refractivity contribution in [3.05, 3.63) is 53.9 Å². The fourth-order valence-electron chi connectivity index (χ4n) is 2.72. The predicted molar refractivity (Wildman–Crippen MR) is 81.6 cm³/mol. The molecular weight excluding hydrogens is 264 g/mol. The average Bonchev–Trinajstić information content (AvgIpc) is 2.55. The molecule has 1 N–H and O–H groups in total. The number of nitrogens with zero attached hydrogens (tertiary/aromatic N) is 1. The van der Waals surface area contributed by atoms with Crippen molar-refractivity contribution in [2.24, 2.45) is 0 Å². The van der Waals surface area contributed by atoms with Gasteiger partial charge in [-0.2, -0.15) is 0 Å². The standard InChI is InChI=1S/C17H20N2O2/c1-12(13-5-8-18-9-6-13)19-16-7-10-21-17-4-3-14(20-2)11-15(16)17/h3-6,8-9,11-12,16,19H,7,10H2,1-2H3/t12-,16?/m0/s1. The van der Waals surface area contributed by atoms with E-state index in [0.717, 1.165) is 24.5 Å². The Morgan fingerprint density at radius 3 is 2.86 bits per heavy atom. The third kappa shape index (κ3) is 3.00. The second-order valence-electron chi connectivity index (χ2n) is 5.26. The zero-order valence-electron chi connectivity index (χ0n) is 12.4. The van der Waals surface area contributed by atoms with E-state index < -0.39 is 0 Å². The smallest absolute Gasteiger partial charge is 0.124 e. The van der Waals surface area contributed by atoms with E-state index in [1.54, 1.807) is 7.11 Å².